The number of fused-ring (bicyclic) bond motifs is 2. The van der Waals surface area contributed by atoms with Crippen molar-refractivity contribution in [1.29, 1.82) is 0 Å². The van der Waals surface area contributed by atoms with Gasteiger partial charge in [-0.2, -0.15) is 0 Å². The molecule has 1 aromatic heterocycles. The average molecular weight is 483 g/mol. The molecule has 1 aliphatic heterocycles. The van der Waals surface area contributed by atoms with Gasteiger partial charge in [0.1, 0.15) is 5.75 Å². The molecule has 2 fully saturated rings. The van der Waals surface area contributed by atoms with E-state index in [1.165, 1.54) is 6.07 Å². The van der Waals surface area contributed by atoms with Crippen molar-refractivity contribution in [2.24, 2.45) is 17.8 Å². The first-order valence-corrected chi connectivity index (χ1v) is 12.3. The van der Waals surface area contributed by atoms with Gasteiger partial charge in [0.05, 0.1) is 12.7 Å². The highest BCUT2D eigenvalue weighted by Crippen LogP contribution is 2.54. The molecule has 2 N–H and O–H groups in total. The predicted octanol–water partition coefficient (Wildman–Crippen LogP) is 6.73. The zero-order chi connectivity index (χ0) is 24.9. The van der Waals surface area contributed by atoms with Crippen LogP contribution in [-0.2, 0) is 6.54 Å². The Balaban J connectivity index is 1.60. The van der Waals surface area contributed by atoms with Crippen LogP contribution in [-0.4, -0.2) is 34.6 Å². The maximum absolute atomic E-state index is 14.3. The summed E-state index contributed by atoms with van der Waals surface area (Å²) in [6.45, 7) is 5.65. The number of benzene rings is 2. The first-order chi connectivity index (χ1) is 16.8. The highest BCUT2D eigenvalue weighted by molar-refractivity contribution is 5.88. The van der Waals surface area contributed by atoms with E-state index in [0.717, 1.165) is 59.7 Å². The number of H-pyrrole nitrogens is 1. The van der Waals surface area contributed by atoms with E-state index in [0.29, 0.717) is 23.9 Å². The smallest absolute Gasteiger partial charge is 0.335 e. The molecule has 2 aromatic carbocycles. The Morgan fingerprint density at radius 1 is 1.26 bits per heavy atom. The van der Waals surface area contributed by atoms with E-state index in [1.54, 1.807) is 13.2 Å². The summed E-state index contributed by atoms with van der Waals surface area (Å²) < 4.78 is 34.3. The number of alkyl halides is 2. The van der Waals surface area contributed by atoms with Crippen LogP contribution in [0, 0.1) is 24.7 Å². The minimum absolute atomic E-state index is 0.0998. The number of carboxylic acids is 1. The molecular weight excluding hydrogens is 450 g/mol. The van der Waals surface area contributed by atoms with Gasteiger partial charge in [-0.25, -0.2) is 13.6 Å². The zero-order valence-electron chi connectivity index (χ0n) is 20.4. The second-order valence-electron chi connectivity index (χ2n) is 10.1. The molecule has 0 spiro atoms. The Bertz CT molecular complexity index is 1250. The first kappa shape index (κ1) is 23.8. The molecule has 0 radical (unpaired) electrons. The number of likely N-dealkylation sites (tertiary alicyclic amines) is 1. The summed E-state index contributed by atoms with van der Waals surface area (Å²) in [5, 5.41) is 10.5. The number of carbonyl (C=O) groups is 1. The van der Waals surface area contributed by atoms with Crippen molar-refractivity contribution in [3.63, 3.8) is 0 Å². The van der Waals surface area contributed by atoms with Crippen molar-refractivity contribution < 1.29 is 23.4 Å². The standard InChI is InChI=1S/C28H32F2N2O3/c1-4-16-10-18-13-32(14-23-19-7-8-31-25(19)15(2)9-24(23)35-3)26(21(18)11-16)20-6-5-17(28(33)34)12-22(20)27(29)30/h5-9,12,16,18,21,26-27,31H,4,10-11,13-14H2,1-3H3,(H,33,34)/t16?,18-,21-,26+/m0/s1. The molecule has 0 bridgehead atoms. The van der Waals surface area contributed by atoms with Gasteiger partial charge in [0.2, 0.25) is 0 Å². The van der Waals surface area contributed by atoms with E-state index in [4.69, 9.17) is 4.74 Å². The number of nitrogens with zero attached hydrogens (tertiary/aromatic N) is 1. The zero-order valence-corrected chi connectivity index (χ0v) is 20.4. The van der Waals surface area contributed by atoms with Gasteiger partial charge in [0, 0.05) is 47.4 Å². The number of aromatic carboxylic acids is 1. The van der Waals surface area contributed by atoms with Crippen LogP contribution in [0.1, 0.15) is 71.3 Å². The number of hydrogen-bond donors (Lipinski definition) is 2. The number of aromatic nitrogens is 1. The van der Waals surface area contributed by atoms with Crippen molar-refractivity contribution in [1.82, 2.24) is 9.88 Å². The number of nitrogens with one attached hydrogen (secondary N) is 1. The lowest BCUT2D eigenvalue weighted by atomic mass is 9.86. The third-order valence-corrected chi connectivity index (χ3v) is 8.27. The van der Waals surface area contributed by atoms with E-state index in [1.807, 2.05) is 25.3 Å². The monoisotopic (exact) mass is 482 g/mol. The van der Waals surface area contributed by atoms with E-state index in [-0.39, 0.29) is 23.1 Å². The van der Waals surface area contributed by atoms with Gasteiger partial charge in [0.15, 0.2) is 0 Å². The first-order valence-electron chi connectivity index (χ1n) is 12.3. The van der Waals surface area contributed by atoms with Gasteiger partial charge in [0.25, 0.3) is 6.43 Å². The Hall–Kier alpha value is -2.93. The van der Waals surface area contributed by atoms with Crippen molar-refractivity contribution >= 4 is 16.9 Å². The van der Waals surface area contributed by atoms with Crippen LogP contribution in [0.25, 0.3) is 10.9 Å². The number of ether oxygens (including phenoxy) is 1. The Kier molecular flexibility index (Phi) is 6.30. The SMILES string of the molecule is CCC1C[C@H]2CN(Cc3c(OC)cc(C)c4[nH]ccc34)[C@H](c3ccc(C(=O)O)cc3C(F)F)[C@H]2C1. The number of carboxylic acid groups (broad SMARTS) is 1. The molecule has 35 heavy (non-hydrogen) atoms. The summed E-state index contributed by atoms with van der Waals surface area (Å²) in [5.41, 5.74) is 3.50. The van der Waals surface area contributed by atoms with Gasteiger partial charge >= 0.3 is 5.97 Å². The number of methoxy groups -OCH3 is 1. The van der Waals surface area contributed by atoms with Gasteiger partial charge in [-0.15, -0.1) is 0 Å². The van der Waals surface area contributed by atoms with Crippen LogP contribution in [0.15, 0.2) is 36.5 Å². The van der Waals surface area contributed by atoms with Gasteiger partial charge in [-0.05, 0) is 72.9 Å². The normalized spacial score (nSPS) is 24.4. The molecule has 2 heterocycles. The fourth-order valence-electron chi connectivity index (χ4n) is 6.63. The summed E-state index contributed by atoms with van der Waals surface area (Å²) >= 11 is 0. The van der Waals surface area contributed by atoms with Crippen molar-refractivity contribution in [2.75, 3.05) is 13.7 Å². The second-order valence-corrected chi connectivity index (χ2v) is 10.1. The van der Waals surface area contributed by atoms with Crippen LogP contribution in [0.3, 0.4) is 0 Å². The lowest BCUT2D eigenvalue weighted by Gasteiger charge is -2.31. The van der Waals surface area contributed by atoms with E-state index >= 15 is 0 Å². The number of aryl methyl sites for hydroxylation is 1. The van der Waals surface area contributed by atoms with Crippen molar-refractivity contribution in [3.8, 4) is 5.75 Å². The highest BCUT2D eigenvalue weighted by Gasteiger charge is 2.48. The molecule has 1 saturated carbocycles. The van der Waals surface area contributed by atoms with Gasteiger partial charge in [-0.3, -0.25) is 4.90 Å². The minimum Gasteiger partial charge on any atom is -0.496 e. The van der Waals surface area contributed by atoms with Crippen LogP contribution in [0.2, 0.25) is 0 Å². The molecule has 1 saturated heterocycles. The molecule has 7 heteroatoms. The van der Waals surface area contributed by atoms with E-state index in [9.17, 15) is 18.7 Å². The summed E-state index contributed by atoms with van der Waals surface area (Å²) in [4.78, 5) is 17.1. The fraction of sp³-hybridized carbons (Fsp3) is 0.464. The molecule has 3 aromatic rings. The molecule has 5 rings (SSSR count). The maximum atomic E-state index is 14.3. The van der Waals surface area contributed by atoms with Gasteiger partial charge < -0.3 is 14.8 Å². The number of rotatable bonds is 7. The minimum atomic E-state index is -2.74. The van der Waals surface area contributed by atoms with Crippen molar-refractivity contribution in [2.45, 2.75) is 52.1 Å². The Morgan fingerprint density at radius 2 is 2.06 bits per heavy atom. The number of halogens is 2. The average Bonchev–Trinajstić information content (AvgIpc) is 3.55. The Morgan fingerprint density at radius 3 is 2.74 bits per heavy atom. The van der Waals surface area contributed by atoms with Crippen LogP contribution in [0.4, 0.5) is 8.78 Å². The fourth-order valence-corrected chi connectivity index (χ4v) is 6.63. The summed E-state index contributed by atoms with van der Waals surface area (Å²) in [5.74, 6) is 0.921. The largest absolute Gasteiger partial charge is 0.496 e. The third-order valence-electron chi connectivity index (χ3n) is 8.27. The van der Waals surface area contributed by atoms with Crippen molar-refractivity contribution in [3.05, 3.63) is 64.3 Å². The third kappa shape index (κ3) is 4.10. The summed E-state index contributed by atoms with van der Waals surface area (Å²) in [6.07, 6.45) is 2.39. The predicted molar refractivity (Wildman–Crippen MR) is 131 cm³/mol. The molecule has 1 aliphatic carbocycles. The van der Waals surface area contributed by atoms with E-state index < -0.39 is 12.4 Å². The molecule has 4 atom stereocenters. The molecule has 0 amide bonds. The van der Waals surface area contributed by atoms with Gasteiger partial charge in [-0.1, -0.05) is 19.4 Å². The lowest BCUT2D eigenvalue weighted by molar-refractivity contribution is 0.0696. The molecule has 2 aliphatic rings. The van der Waals surface area contributed by atoms with Crippen LogP contribution < -0.4 is 4.74 Å². The summed E-state index contributed by atoms with van der Waals surface area (Å²) in [7, 11) is 1.67. The van der Waals surface area contributed by atoms with Crippen LogP contribution >= 0.6 is 0 Å². The maximum Gasteiger partial charge on any atom is 0.335 e. The number of hydrogen-bond acceptors (Lipinski definition) is 3. The number of aromatic amines is 1. The quantitative estimate of drug-likeness (QED) is 0.392. The van der Waals surface area contributed by atoms with Crippen LogP contribution in [0.5, 0.6) is 5.75 Å². The molecule has 1 unspecified atom stereocenters. The lowest BCUT2D eigenvalue weighted by Crippen LogP contribution is -2.27. The second kappa shape index (κ2) is 9.26. The molecule has 186 valence electrons. The summed E-state index contributed by atoms with van der Waals surface area (Å²) in [6, 6.07) is 8.14. The molecular formula is C28H32F2N2O3. The highest BCUT2D eigenvalue weighted by atomic mass is 19.3. The molecule has 5 nitrogen and oxygen atoms in total. The Labute approximate surface area is 204 Å². The topological polar surface area (TPSA) is 65.6 Å². The van der Waals surface area contributed by atoms with E-state index in [2.05, 4.69) is 16.8 Å².